The first-order valence-corrected chi connectivity index (χ1v) is 6.09. The lowest BCUT2D eigenvalue weighted by Crippen LogP contribution is -2.32. The van der Waals surface area contributed by atoms with Crippen LogP contribution in [0.15, 0.2) is 0 Å². The van der Waals surface area contributed by atoms with E-state index in [4.69, 9.17) is 0 Å². The second kappa shape index (κ2) is 6.41. The Balaban J connectivity index is 2.06. The molecule has 2 heteroatoms. The van der Waals surface area contributed by atoms with E-state index in [0.29, 0.717) is 5.92 Å². The zero-order valence-corrected chi connectivity index (χ0v) is 9.71. The molecule has 14 heavy (non-hydrogen) atoms. The third-order valence-electron chi connectivity index (χ3n) is 2.97. The van der Waals surface area contributed by atoms with Gasteiger partial charge < -0.3 is 10.0 Å². The summed E-state index contributed by atoms with van der Waals surface area (Å²) in [5.74, 6) is 0.617. The van der Waals surface area contributed by atoms with E-state index in [9.17, 15) is 5.11 Å². The SMILES string of the molecule is CC(C)CC(O)CCN1CCCCC1. The number of nitrogens with zero attached hydrogens (tertiary/aromatic N) is 1. The number of hydrogen-bond donors (Lipinski definition) is 1. The normalized spacial score (nSPS) is 21.4. The quantitative estimate of drug-likeness (QED) is 0.734. The van der Waals surface area contributed by atoms with Crippen LogP contribution in [0.3, 0.4) is 0 Å². The smallest absolute Gasteiger partial charge is 0.0554 e. The molecule has 1 heterocycles. The molecule has 0 bridgehead atoms. The van der Waals surface area contributed by atoms with Gasteiger partial charge in [0, 0.05) is 6.54 Å². The first-order chi connectivity index (χ1) is 6.68. The Hall–Kier alpha value is -0.0800. The minimum Gasteiger partial charge on any atom is -0.393 e. The fourth-order valence-corrected chi connectivity index (χ4v) is 2.18. The summed E-state index contributed by atoms with van der Waals surface area (Å²) in [7, 11) is 0. The fourth-order valence-electron chi connectivity index (χ4n) is 2.18. The topological polar surface area (TPSA) is 23.5 Å². The highest BCUT2D eigenvalue weighted by molar-refractivity contribution is 4.67. The van der Waals surface area contributed by atoms with Crippen molar-refractivity contribution in [2.24, 2.45) is 5.92 Å². The summed E-state index contributed by atoms with van der Waals surface area (Å²) < 4.78 is 0. The van der Waals surface area contributed by atoms with Gasteiger partial charge >= 0.3 is 0 Å². The molecule has 0 aromatic heterocycles. The highest BCUT2D eigenvalue weighted by atomic mass is 16.3. The Morgan fingerprint density at radius 1 is 1.14 bits per heavy atom. The van der Waals surface area contributed by atoms with Gasteiger partial charge in [0.15, 0.2) is 0 Å². The van der Waals surface area contributed by atoms with Gasteiger partial charge in [-0.2, -0.15) is 0 Å². The fraction of sp³-hybridized carbons (Fsp3) is 1.00. The molecule has 1 saturated heterocycles. The molecule has 1 rings (SSSR count). The van der Waals surface area contributed by atoms with E-state index in [2.05, 4.69) is 18.7 Å². The van der Waals surface area contributed by atoms with E-state index in [1.54, 1.807) is 0 Å². The van der Waals surface area contributed by atoms with Crippen LogP contribution in [-0.4, -0.2) is 35.7 Å². The van der Waals surface area contributed by atoms with E-state index in [1.807, 2.05) is 0 Å². The second-order valence-electron chi connectivity index (χ2n) is 4.97. The van der Waals surface area contributed by atoms with Gasteiger partial charge in [-0.15, -0.1) is 0 Å². The van der Waals surface area contributed by atoms with Crippen molar-refractivity contribution < 1.29 is 5.11 Å². The van der Waals surface area contributed by atoms with Crippen molar-refractivity contribution >= 4 is 0 Å². The maximum Gasteiger partial charge on any atom is 0.0554 e. The van der Waals surface area contributed by atoms with Gasteiger partial charge in [0.25, 0.3) is 0 Å². The summed E-state index contributed by atoms with van der Waals surface area (Å²) in [4.78, 5) is 2.49. The van der Waals surface area contributed by atoms with Crippen LogP contribution in [0.1, 0.15) is 46.0 Å². The summed E-state index contributed by atoms with van der Waals surface area (Å²) >= 11 is 0. The van der Waals surface area contributed by atoms with Gasteiger partial charge in [-0.05, 0) is 44.7 Å². The van der Waals surface area contributed by atoms with Crippen LogP contribution in [0, 0.1) is 5.92 Å². The van der Waals surface area contributed by atoms with Crippen LogP contribution in [0.4, 0.5) is 0 Å². The van der Waals surface area contributed by atoms with Crippen molar-refractivity contribution in [3.8, 4) is 0 Å². The van der Waals surface area contributed by atoms with Crippen LogP contribution < -0.4 is 0 Å². The van der Waals surface area contributed by atoms with E-state index >= 15 is 0 Å². The Labute approximate surface area is 88.3 Å². The minimum atomic E-state index is -0.0862. The Morgan fingerprint density at radius 2 is 1.79 bits per heavy atom. The third kappa shape index (κ3) is 4.97. The molecular formula is C12H25NO. The Kier molecular flexibility index (Phi) is 5.49. The maximum absolute atomic E-state index is 9.72. The molecule has 0 saturated carbocycles. The molecule has 0 aromatic carbocycles. The van der Waals surface area contributed by atoms with Crippen LogP contribution in [0.25, 0.3) is 0 Å². The third-order valence-corrected chi connectivity index (χ3v) is 2.97. The summed E-state index contributed by atoms with van der Waals surface area (Å²) in [5.41, 5.74) is 0. The lowest BCUT2D eigenvalue weighted by Gasteiger charge is -2.27. The lowest BCUT2D eigenvalue weighted by molar-refractivity contribution is 0.114. The number of aliphatic hydroxyl groups is 1. The number of rotatable bonds is 5. The molecular weight excluding hydrogens is 174 g/mol. The number of piperidine rings is 1. The second-order valence-corrected chi connectivity index (χ2v) is 4.97. The van der Waals surface area contributed by atoms with Gasteiger partial charge in [-0.25, -0.2) is 0 Å². The molecule has 0 aliphatic carbocycles. The highest BCUT2D eigenvalue weighted by Gasteiger charge is 2.12. The van der Waals surface area contributed by atoms with Gasteiger partial charge in [0.05, 0.1) is 6.10 Å². The number of likely N-dealkylation sites (tertiary alicyclic amines) is 1. The van der Waals surface area contributed by atoms with Gasteiger partial charge in [0.1, 0.15) is 0 Å². The summed E-state index contributed by atoms with van der Waals surface area (Å²) in [6.07, 6.45) is 5.91. The van der Waals surface area contributed by atoms with Crippen molar-refractivity contribution in [1.29, 1.82) is 0 Å². The zero-order valence-electron chi connectivity index (χ0n) is 9.71. The summed E-state index contributed by atoms with van der Waals surface area (Å²) in [5, 5.41) is 9.72. The first-order valence-electron chi connectivity index (χ1n) is 6.09. The predicted molar refractivity (Wildman–Crippen MR) is 60.4 cm³/mol. The largest absolute Gasteiger partial charge is 0.393 e. The molecule has 0 aromatic rings. The van der Waals surface area contributed by atoms with Crippen molar-refractivity contribution in [1.82, 2.24) is 4.90 Å². The summed E-state index contributed by atoms with van der Waals surface area (Å²) in [6.45, 7) is 7.92. The standard InChI is InChI=1S/C12H25NO/c1-11(2)10-12(14)6-9-13-7-4-3-5-8-13/h11-12,14H,3-10H2,1-2H3. The molecule has 1 fully saturated rings. The molecule has 84 valence electrons. The number of hydrogen-bond acceptors (Lipinski definition) is 2. The van der Waals surface area contributed by atoms with Crippen LogP contribution >= 0.6 is 0 Å². The minimum absolute atomic E-state index is 0.0862. The molecule has 1 aliphatic rings. The van der Waals surface area contributed by atoms with Crippen molar-refractivity contribution in [2.45, 2.75) is 52.1 Å². The molecule has 1 atom stereocenters. The van der Waals surface area contributed by atoms with E-state index < -0.39 is 0 Å². The van der Waals surface area contributed by atoms with E-state index in [0.717, 1.165) is 19.4 Å². The lowest BCUT2D eigenvalue weighted by atomic mass is 10.0. The molecule has 0 amide bonds. The van der Waals surface area contributed by atoms with Gasteiger partial charge in [-0.1, -0.05) is 20.3 Å². The highest BCUT2D eigenvalue weighted by Crippen LogP contribution is 2.12. The van der Waals surface area contributed by atoms with E-state index in [1.165, 1.54) is 32.4 Å². The monoisotopic (exact) mass is 199 g/mol. The molecule has 2 nitrogen and oxygen atoms in total. The van der Waals surface area contributed by atoms with Crippen LogP contribution in [0.2, 0.25) is 0 Å². The molecule has 0 radical (unpaired) electrons. The van der Waals surface area contributed by atoms with Crippen LogP contribution in [0.5, 0.6) is 0 Å². The van der Waals surface area contributed by atoms with Crippen LogP contribution in [-0.2, 0) is 0 Å². The average molecular weight is 199 g/mol. The molecule has 1 aliphatic heterocycles. The van der Waals surface area contributed by atoms with E-state index in [-0.39, 0.29) is 6.10 Å². The predicted octanol–water partition coefficient (Wildman–Crippen LogP) is 2.27. The Morgan fingerprint density at radius 3 is 2.36 bits per heavy atom. The van der Waals surface area contributed by atoms with Gasteiger partial charge in [0.2, 0.25) is 0 Å². The van der Waals surface area contributed by atoms with Crippen molar-refractivity contribution in [3.05, 3.63) is 0 Å². The maximum atomic E-state index is 9.72. The number of aliphatic hydroxyl groups excluding tert-OH is 1. The summed E-state index contributed by atoms with van der Waals surface area (Å²) in [6, 6.07) is 0. The van der Waals surface area contributed by atoms with Gasteiger partial charge in [-0.3, -0.25) is 0 Å². The first kappa shape index (κ1) is 12.0. The Bertz CT molecular complexity index is 141. The van der Waals surface area contributed by atoms with Crippen molar-refractivity contribution in [3.63, 3.8) is 0 Å². The molecule has 1 N–H and O–H groups in total. The average Bonchev–Trinajstić information content (AvgIpc) is 2.15. The molecule has 1 unspecified atom stereocenters. The van der Waals surface area contributed by atoms with Crippen molar-refractivity contribution in [2.75, 3.05) is 19.6 Å². The molecule has 0 spiro atoms. The zero-order chi connectivity index (χ0) is 10.4.